The second-order valence-corrected chi connectivity index (χ2v) is 7.18. The zero-order valence-corrected chi connectivity index (χ0v) is 16.2. The zero-order valence-electron chi connectivity index (χ0n) is 16.2. The van der Waals surface area contributed by atoms with E-state index < -0.39 is 0 Å². The van der Waals surface area contributed by atoms with Crippen molar-refractivity contribution in [3.8, 4) is 0 Å². The maximum Gasteiger partial charge on any atom is 0.410 e. The number of nitrogens with one attached hydrogen (secondary N) is 3. The summed E-state index contributed by atoms with van der Waals surface area (Å²) in [7, 11) is 0. The number of ether oxygens (including phenoxy) is 1. The molecule has 1 atom stereocenters. The van der Waals surface area contributed by atoms with Crippen LogP contribution in [0.25, 0.3) is 0 Å². The third-order valence-electron chi connectivity index (χ3n) is 5.23. The molecule has 29 heavy (non-hydrogen) atoms. The van der Waals surface area contributed by atoms with Crippen molar-refractivity contribution in [3.63, 3.8) is 0 Å². The van der Waals surface area contributed by atoms with Crippen LogP contribution in [0.5, 0.6) is 0 Å². The predicted octanol–water partition coefficient (Wildman–Crippen LogP) is 1.67. The average molecular weight is 397 g/mol. The molecule has 4 rings (SSSR count). The molecule has 9 heteroatoms. The highest BCUT2D eigenvalue weighted by Crippen LogP contribution is 2.28. The molecule has 1 aromatic heterocycles. The molecule has 1 unspecified atom stereocenters. The minimum atomic E-state index is -0.384. The van der Waals surface area contributed by atoms with Crippen molar-refractivity contribution in [3.05, 3.63) is 46.6 Å². The van der Waals surface area contributed by atoms with Gasteiger partial charge in [0, 0.05) is 12.1 Å². The van der Waals surface area contributed by atoms with Crippen molar-refractivity contribution in [1.82, 2.24) is 20.4 Å². The Morgan fingerprint density at radius 1 is 1.28 bits per heavy atom. The molecule has 0 spiro atoms. The molecule has 1 fully saturated rings. The number of fused-ring (bicyclic) bond motifs is 1. The van der Waals surface area contributed by atoms with Gasteiger partial charge in [0.05, 0.1) is 37.7 Å². The van der Waals surface area contributed by atoms with E-state index in [0.717, 1.165) is 28.8 Å². The molecule has 152 valence electrons. The van der Waals surface area contributed by atoms with E-state index in [2.05, 4.69) is 20.8 Å². The molecule has 0 aliphatic carbocycles. The van der Waals surface area contributed by atoms with E-state index in [-0.39, 0.29) is 30.2 Å². The first-order valence-electron chi connectivity index (χ1n) is 9.69. The minimum Gasteiger partial charge on any atom is -0.450 e. The first-order chi connectivity index (χ1) is 14.0. The van der Waals surface area contributed by atoms with Crippen LogP contribution >= 0.6 is 0 Å². The predicted molar refractivity (Wildman–Crippen MR) is 104 cm³/mol. The van der Waals surface area contributed by atoms with Crippen LogP contribution in [0.1, 0.15) is 41.6 Å². The summed E-state index contributed by atoms with van der Waals surface area (Å²) in [5.41, 5.74) is 3.42. The number of aromatic nitrogens is 2. The van der Waals surface area contributed by atoms with Crippen LogP contribution in [0, 0.1) is 0 Å². The number of aromatic amines is 1. The average Bonchev–Trinajstić information content (AvgIpc) is 3.40. The second-order valence-electron chi connectivity index (χ2n) is 7.18. The number of carbonyl (C=O) groups is 3. The number of H-pyrrole nitrogens is 1. The molecule has 3 N–H and O–H groups in total. The van der Waals surface area contributed by atoms with Crippen LogP contribution in [-0.2, 0) is 33.8 Å². The molecule has 2 aliphatic rings. The highest BCUT2D eigenvalue weighted by molar-refractivity contribution is 5.92. The topological polar surface area (TPSA) is 116 Å². The third-order valence-corrected chi connectivity index (χ3v) is 5.23. The van der Waals surface area contributed by atoms with E-state index in [1.54, 1.807) is 11.8 Å². The molecule has 0 bridgehead atoms. The largest absolute Gasteiger partial charge is 0.450 e. The fraction of sp³-hybridized carbons (Fsp3) is 0.400. The Labute approximate surface area is 167 Å². The molecular formula is C20H23N5O4. The molecule has 0 saturated carbocycles. The number of benzene rings is 1. The number of amides is 3. The summed E-state index contributed by atoms with van der Waals surface area (Å²) < 4.78 is 5.02. The van der Waals surface area contributed by atoms with E-state index in [1.165, 1.54) is 0 Å². The number of nitrogens with zero attached hydrogens (tertiary/aromatic N) is 2. The molecule has 9 nitrogen and oxygen atoms in total. The standard InChI is InChI=1S/C20H23N5O4/c1-2-29-20(28)25-10-15-16(11-25)23-24-18(15)22-17(26)9-12-3-5-13(6-4-12)14-7-8-21-19(14)27/h3-6,14H,2,7-11H2,1H3,(H,21,27)(H2,22,23,24,26). The van der Waals surface area contributed by atoms with Gasteiger partial charge in [0.15, 0.2) is 5.82 Å². The summed E-state index contributed by atoms with van der Waals surface area (Å²) in [6.07, 6.45) is 0.608. The number of anilines is 1. The highest BCUT2D eigenvalue weighted by Gasteiger charge is 2.29. The van der Waals surface area contributed by atoms with Crippen LogP contribution in [0.15, 0.2) is 24.3 Å². The Morgan fingerprint density at radius 2 is 2.07 bits per heavy atom. The first kappa shape index (κ1) is 19.0. The number of carbonyl (C=O) groups excluding carboxylic acids is 3. The summed E-state index contributed by atoms with van der Waals surface area (Å²) in [6.45, 7) is 3.51. The Balaban J connectivity index is 1.36. The van der Waals surface area contributed by atoms with Gasteiger partial charge in [-0.25, -0.2) is 4.79 Å². The molecule has 2 aromatic rings. The van der Waals surface area contributed by atoms with Crippen LogP contribution in [0.2, 0.25) is 0 Å². The lowest BCUT2D eigenvalue weighted by molar-refractivity contribution is -0.120. The van der Waals surface area contributed by atoms with E-state index in [1.807, 2.05) is 24.3 Å². The summed E-state index contributed by atoms with van der Waals surface area (Å²) in [4.78, 5) is 37.7. The van der Waals surface area contributed by atoms with Crippen molar-refractivity contribution < 1.29 is 19.1 Å². The minimum absolute atomic E-state index is 0.0553. The quantitative estimate of drug-likeness (QED) is 0.710. The lowest BCUT2D eigenvalue weighted by Gasteiger charge is -2.14. The van der Waals surface area contributed by atoms with Gasteiger partial charge in [0.25, 0.3) is 0 Å². The Morgan fingerprint density at radius 3 is 2.76 bits per heavy atom. The van der Waals surface area contributed by atoms with Gasteiger partial charge in [0.2, 0.25) is 11.8 Å². The lowest BCUT2D eigenvalue weighted by atomic mass is 9.96. The maximum atomic E-state index is 12.5. The van der Waals surface area contributed by atoms with E-state index in [0.29, 0.717) is 32.1 Å². The lowest BCUT2D eigenvalue weighted by Crippen LogP contribution is -2.26. The fourth-order valence-corrected chi connectivity index (χ4v) is 3.73. The van der Waals surface area contributed by atoms with Gasteiger partial charge in [-0.2, -0.15) is 5.10 Å². The van der Waals surface area contributed by atoms with Crippen molar-refractivity contribution in [2.24, 2.45) is 0 Å². The molecule has 3 amide bonds. The van der Waals surface area contributed by atoms with E-state index in [4.69, 9.17) is 4.74 Å². The molecule has 1 saturated heterocycles. The summed E-state index contributed by atoms with van der Waals surface area (Å²) in [6, 6.07) is 7.55. The van der Waals surface area contributed by atoms with E-state index >= 15 is 0 Å². The highest BCUT2D eigenvalue weighted by atomic mass is 16.6. The van der Waals surface area contributed by atoms with Crippen molar-refractivity contribution in [2.45, 2.75) is 38.8 Å². The Kier molecular flexibility index (Phi) is 5.20. The number of rotatable bonds is 5. The molecule has 1 aromatic carbocycles. The Hall–Kier alpha value is -3.36. The second kappa shape index (κ2) is 7.94. The molecule has 3 heterocycles. The first-order valence-corrected chi connectivity index (χ1v) is 9.69. The summed E-state index contributed by atoms with van der Waals surface area (Å²) >= 11 is 0. The van der Waals surface area contributed by atoms with Crippen LogP contribution in [-0.4, -0.2) is 46.2 Å². The van der Waals surface area contributed by atoms with Gasteiger partial charge in [-0.1, -0.05) is 24.3 Å². The SMILES string of the molecule is CCOC(=O)N1Cc2[nH]nc(NC(=O)Cc3ccc(C4CCNC4=O)cc3)c2C1. The number of hydrogen-bond acceptors (Lipinski definition) is 5. The third kappa shape index (κ3) is 3.94. The summed E-state index contributed by atoms with van der Waals surface area (Å²) in [5, 5.41) is 12.7. The van der Waals surface area contributed by atoms with Crippen molar-refractivity contribution in [1.29, 1.82) is 0 Å². The van der Waals surface area contributed by atoms with Gasteiger partial charge in [-0.05, 0) is 24.5 Å². The fourth-order valence-electron chi connectivity index (χ4n) is 3.73. The zero-order chi connectivity index (χ0) is 20.4. The van der Waals surface area contributed by atoms with Gasteiger partial charge in [0.1, 0.15) is 0 Å². The smallest absolute Gasteiger partial charge is 0.410 e. The monoisotopic (exact) mass is 397 g/mol. The van der Waals surface area contributed by atoms with Gasteiger partial charge < -0.3 is 15.4 Å². The number of hydrogen-bond donors (Lipinski definition) is 3. The summed E-state index contributed by atoms with van der Waals surface area (Å²) in [5.74, 6) is 0.197. The van der Waals surface area contributed by atoms with Gasteiger partial charge in [-0.15, -0.1) is 0 Å². The van der Waals surface area contributed by atoms with Crippen LogP contribution in [0.4, 0.5) is 10.6 Å². The Bertz CT molecular complexity index is 937. The van der Waals surface area contributed by atoms with Crippen molar-refractivity contribution >= 4 is 23.7 Å². The maximum absolute atomic E-state index is 12.5. The van der Waals surface area contributed by atoms with Gasteiger partial charge in [-0.3, -0.25) is 19.6 Å². The molecular weight excluding hydrogens is 374 g/mol. The molecule has 0 radical (unpaired) electrons. The van der Waals surface area contributed by atoms with Crippen molar-refractivity contribution in [2.75, 3.05) is 18.5 Å². The van der Waals surface area contributed by atoms with E-state index in [9.17, 15) is 14.4 Å². The van der Waals surface area contributed by atoms with Gasteiger partial charge >= 0.3 is 6.09 Å². The van der Waals surface area contributed by atoms with Crippen LogP contribution < -0.4 is 10.6 Å². The normalized spacial score (nSPS) is 17.8. The molecule has 2 aliphatic heterocycles. The van der Waals surface area contributed by atoms with Crippen LogP contribution in [0.3, 0.4) is 0 Å².